The van der Waals surface area contributed by atoms with E-state index in [4.69, 9.17) is 0 Å². The fourth-order valence-corrected chi connectivity index (χ4v) is 3.74. The average molecular weight is 345 g/mol. The lowest BCUT2D eigenvalue weighted by molar-refractivity contribution is -0.131. The number of rotatable bonds is 4. The van der Waals surface area contributed by atoms with Gasteiger partial charge in [-0.2, -0.15) is 4.68 Å². The van der Waals surface area contributed by atoms with Crippen LogP contribution in [0.4, 0.5) is 0 Å². The van der Waals surface area contributed by atoms with Gasteiger partial charge in [0.15, 0.2) is 0 Å². The quantitative estimate of drug-likeness (QED) is 0.797. The zero-order valence-corrected chi connectivity index (χ0v) is 15.2. The van der Waals surface area contributed by atoms with Crippen LogP contribution in [0.15, 0.2) is 23.4 Å². The largest absolute Gasteiger partial charge is 0.339 e. The highest BCUT2D eigenvalue weighted by Crippen LogP contribution is 2.22. The van der Waals surface area contributed by atoms with E-state index in [0.29, 0.717) is 17.0 Å². The lowest BCUT2D eigenvalue weighted by Crippen LogP contribution is -2.42. The van der Waals surface area contributed by atoms with Crippen molar-refractivity contribution >= 4 is 17.7 Å². The zero-order chi connectivity index (χ0) is 17.1. The summed E-state index contributed by atoms with van der Waals surface area (Å²) in [5, 5.41) is 12.6. The summed E-state index contributed by atoms with van der Waals surface area (Å²) in [5.74, 6) is 0.539. The van der Waals surface area contributed by atoms with E-state index in [2.05, 4.69) is 48.4 Å². The summed E-state index contributed by atoms with van der Waals surface area (Å²) in [6.45, 7) is 7.13. The van der Waals surface area contributed by atoms with Crippen molar-refractivity contribution in [3.05, 3.63) is 29.3 Å². The number of aromatic nitrogens is 4. The Morgan fingerprint density at radius 2 is 2.12 bits per heavy atom. The molecular weight excluding hydrogens is 322 g/mol. The first kappa shape index (κ1) is 17.0. The van der Waals surface area contributed by atoms with E-state index in [0.717, 1.165) is 25.1 Å². The summed E-state index contributed by atoms with van der Waals surface area (Å²) in [4.78, 5) is 14.5. The van der Waals surface area contributed by atoms with Crippen LogP contribution in [0.3, 0.4) is 0 Å². The topological polar surface area (TPSA) is 63.9 Å². The number of thioether (sulfide) groups is 1. The van der Waals surface area contributed by atoms with Crippen LogP contribution in [-0.2, 0) is 4.79 Å². The SMILES string of the molecule is Cc1ccc(-n2nnnc2SCC(=O)N2CCCC[C@@H]2C)cc1C. The van der Waals surface area contributed by atoms with E-state index < -0.39 is 0 Å². The summed E-state index contributed by atoms with van der Waals surface area (Å²) >= 11 is 1.40. The first-order chi connectivity index (χ1) is 11.6. The number of benzene rings is 1. The molecule has 2 heterocycles. The van der Waals surface area contributed by atoms with Crippen LogP contribution in [-0.4, -0.2) is 49.4 Å². The van der Waals surface area contributed by atoms with E-state index >= 15 is 0 Å². The number of likely N-dealkylation sites (tertiary alicyclic amines) is 1. The number of carbonyl (C=O) groups is 1. The van der Waals surface area contributed by atoms with Gasteiger partial charge in [-0.15, -0.1) is 5.10 Å². The number of tetrazole rings is 1. The van der Waals surface area contributed by atoms with Crippen LogP contribution >= 0.6 is 11.8 Å². The van der Waals surface area contributed by atoms with E-state index in [1.165, 1.54) is 29.3 Å². The number of hydrogen-bond donors (Lipinski definition) is 0. The Morgan fingerprint density at radius 3 is 2.88 bits per heavy atom. The van der Waals surface area contributed by atoms with Crippen molar-refractivity contribution in [2.24, 2.45) is 0 Å². The minimum atomic E-state index is 0.168. The monoisotopic (exact) mass is 345 g/mol. The maximum Gasteiger partial charge on any atom is 0.233 e. The molecule has 1 atom stereocenters. The van der Waals surface area contributed by atoms with E-state index in [1.807, 2.05) is 11.0 Å². The number of aryl methyl sites for hydroxylation is 2. The first-order valence-electron chi connectivity index (χ1n) is 8.34. The molecule has 3 rings (SSSR count). The lowest BCUT2D eigenvalue weighted by Gasteiger charge is -2.33. The van der Waals surface area contributed by atoms with Crippen LogP contribution in [0.25, 0.3) is 5.69 Å². The molecule has 0 aliphatic carbocycles. The minimum absolute atomic E-state index is 0.168. The summed E-state index contributed by atoms with van der Waals surface area (Å²) in [7, 11) is 0. The first-order valence-corrected chi connectivity index (χ1v) is 9.33. The number of nitrogens with zero attached hydrogens (tertiary/aromatic N) is 5. The van der Waals surface area contributed by atoms with Crippen LogP contribution in [0, 0.1) is 13.8 Å². The normalized spacial score (nSPS) is 18.0. The van der Waals surface area contributed by atoms with Crippen molar-refractivity contribution in [3.63, 3.8) is 0 Å². The summed E-state index contributed by atoms with van der Waals surface area (Å²) in [5.41, 5.74) is 3.34. The van der Waals surface area contributed by atoms with E-state index in [9.17, 15) is 4.79 Å². The van der Waals surface area contributed by atoms with Crippen molar-refractivity contribution in [2.75, 3.05) is 12.3 Å². The van der Waals surface area contributed by atoms with Gasteiger partial charge in [-0.05, 0) is 73.7 Å². The number of piperidine rings is 1. The molecule has 1 aliphatic heterocycles. The second kappa shape index (κ2) is 7.34. The van der Waals surface area contributed by atoms with Crippen LogP contribution in [0.5, 0.6) is 0 Å². The van der Waals surface area contributed by atoms with Crippen LogP contribution in [0.2, 0.25) is 0 Å². The van der Waals surface area contributed by atoms with E-state index in [-0.39, 0.29) is 5.91 Å². The molecule has 6 nitrogen and oxygen atoms in total. The molecule has 24 heavy (non-hydrogen) atoms. The molecule has 0 saturated carbocycles. The van der Waals surface area contributed by atoms with Gasteiger partial charge in [0.1, 0.15) is 0 Å². The van der Waals surface area contributed by atoms with Gasteiger partial charge < -0.3 is 4.90 Å². The zero-order valence-electron chi connectivity index (χ0n) is 14.4. The Labute approximate surface area is 146 Å². The third-order valence-corrected chi connectivity index (χ3v) is 5.53. The number of amides is 1. The third-order valence-electron chi connectivity index (χ3n) is 4.62. The molecule has 1 amide bonds. The maximum absolute atomic E-state index is 12.5. The molecule has 7 heteroatoms. The number of carbonyl (C=O) groups excluding carboxylic acids is 1. The van der Waals surface area contributed by atoms with Crippen LogP contribution in [0.1, 0.15) is 37.3 Å². The molecule has 2 aromatic rings. The highest BCUT2D eigenvalue weighted by atomic mass is 32.2. The van der Waals surface area contributed by atoms with Crippen molar-refractivity contribution < 1.29 is 4.79 Å². The minimum Gasteiger partial charge on any atom is -0.339 e. The Bertz CT molecular complexity index is 730. The van der Waals surface area contributed by atoms with Crippen LogP contribution < -0.4 is 0 Å². The van der Waals surface area contributed by atoms with Gasteiger partial charge in [-0.3, -0.25) is 4.79 Å². The van der Waals surface area contributed by atoms with Gasteiger partial charge in [0, 0.05) is 12.6 Å². The molecule has 0 N–H and O–H groups in total. The Morgan fingerprint density at radius 1 is 1.29 bits per heavy atom. The summed E-state index contributed by atoms with van der Waals surface area (Å²) < 4.78 is 1.70. The predicted molar refractivity (Wildman–Crippen MR) is 94.4 cm³/mol. The molecule has 1 aromatic carbocycles. The molecule has 0 bridgehead atoms. The highest BCUT2D eigenvalue weighted by molar-refractivity contribution is 7.99. The van der Waals surface area contributed by atoms with Gasteiger partial charge in [0.2, 0.25) is 11.1 Å². The second-order valence-corrected chi connectivity index (χ2v) is 7.30. The predicted octanol–water partition coefficient (Wildman–Crippen LogP) is 2.77. The molecule has 1 aromatic heterocycles. The fourth-order valence-electron chi connectivity index (χ4n) is 2.97. The average Bonchev–Trinajstić information content (AvgIpc) is 3.04. The summed E-state index contributed by atoms with van der Waals surface area (Å²) in [6.07, 6.45) is 3.40. The van der Waals surface area contributed by atoms with Gasteiger partial charge in [-0.25, -0.2) is 0 Å². The van der Waals surface area contributed by atoms with Crippen molar-refractivity contribution in [3.8, 4) is 5.69 Å². The maximum atomic E-state index is 12.5. The number of hydrogen-bond acceptors (Lipinski definition) is 5. The lowest BCUT2D eigenvalue weighted by atomic mass is 10.0. The van der Waals surface area contributed by atoms with Gasteiger partial charge >= 0.3 is 0 Å². The molecule has 1 fully saturated rings. The molecule has 0 radical (unpaired) electrons. The van der Waals surface area contributed by atoms with E-state index in [1.54, 1.807) is 4.68 Å². The molecular formula is C17H23N5OS. The van der Waals surface area contributed by atoms with Gasteiger partial charge in [0.25, 0.3) is 0 Å². The fraction of sp³-hybridized carbons (Fsp3) is 0.529. The molecule has 128 valence electrons. The Kier molecular flexibility index (Phi) is 5.18. The summed E-state index contributed by atoms with van der Waals surface area (Å²) in [6, 6.07) is 6.45. The van der Waals surface area contributed by atoms with Crippen molar-refractivity contribution in [1.29, 1.82) is 0 Å². The smallest absolute Gasteiger partial charge is 0.233 e. The Hall–Kier alpha value is -1.89. The van der Waals surface area contributed by atoms with Crippen molar-refractivity contribution in [2.45, 2.75) is 51.2 Å². The third kappa shape index (κ3) is 3.61. The molecule has 1 aliphatic rings. The van der Waals surface area contributed by atoms with Crippen molar-refractivity contribution in [1.82, 2.24) is 25.1 Å². The molecule has 0 unspecified atom stereocenters. The second-order valence-electron chi connectivity index (χ2n) is 6.36. The standard InChI is InChI=1S/C17H23N5OS/c1-12-7-8-15(10-13(12)2)22-17(18-19-20-22)24-11-16(23)21-9-5-4-6-14(21)3/h7-8,10,14H,4-6,9,11H2,1-3H3/t14-/m0/s1. The molecule has 0 spiro atoms. The Balaban J connectivity index is 1.69. The highest BCUT2D eigenvalue weighted by Gasteiger charge is 2.23. The van der Waals surface area contributed by atoms with Gasteiger partial charge in [0.05, 0.1) is 11.4 Å². The molecule has 1 saturated heterocycles. The van der Waals surface area contributed by atoms with Gasteiger partial charge in [-0.1, -0.05) is 17.8 Å².